The number of nitrogens with zero attached hydrogens (tertiary/aromatic N) is 4. The van der Waals surface area contributed by atoms with Gasteiger partial charge < -0.3 is 4.90 Å². The predicted octanol–water partition coefficient (Wildman–Crippen LogP) is 2.45. The molecule has 0 aliphatic carbocycles. The third-order valence-corrected chi connectivity index (χ3v) is 5.72. The molecule has 116 valence electrons. The first-order valence-electron chi connectivity index (χ1n) is 7.15. The van der Waals surface area contributed by atoms with E-state index in [-0.39, 0.29) is 17.2 Å². The highest BCUT2D eigenvalue weighted by atomic mass is 35.5. The molecule has 1 fully saturated rings. The molecular formula is C15H17ClN4OS. The van der Waals surface area contributed by atoms with Crippen LogP contribution in [0.5, 0.6) is 0 Å². The van der Waals surface area contributed by atoms with E-state index in [4.69, 9.17) is 11.6 Å². The quantitative estimate of drug-likeness (QED) is 0.808. The maximum Gasteiger partial charge on any atom is 0.256 e. The third-order valence-electron chi connectivity index (χ3n) is 3.71. The van der Waals surface area contributed by atoms with Crippen LogP contribution in [0, 0.1) is 0 Å². The van der Waals surface area contributed by atoms with Crippen molar-refractivity contribution in [3.05, 3.63) is 42.2 Å². The lowest BCUT2D eigenvalue weighted by atomic mass is 10.1. The molecule has 1 aromatic heterocycles. The average Bonchev–Trinajstić information content (AvgIpc) is 3.09. The Bertz CT molecular complexity index is 649. The first kappa shape index (κ1) is 15.4. The van der Waals surface area contributed by atoms with Crippen LogP contribution in [0.15, 0.2) is 36.7 Å². The van der Waals surface area contributed by atoms with E-state index >= 15 is 0 Å². The molecule has 1 aliphatic rings. The number of thioether (sulfide) groups is 1. The standard InChI is InChI=1S/C15H17ClN4OS/c1-11-10-22-12(8-16)9-19(11)15(21)13-4-2-3-5-14(13)20-17-6-7-18-20/h2-7,11-12H,8-10H2,1H3. The van der Waals surface area contributed by atoms with Crippen LogP contribution < -0.4 is 0 Å². The van der Waals surface area contributed by atoms with Crippen LogP contribution in [0.25, 0.3) is 5.69 Å². The number of hydrogen-bond donors (Lipinski definition) is 0. The maximum atomic E-state index is 13.0. The van der Waals surface area contributed by atoms with Crippen LogP contribution in [0.2, 0.25) is 0 Å². The molecule has 5 nitrogen and oxygen atoms in total. The number of amides is 1. The summed E-state index contributed by atoms with van der Waals surface area (Å²) in [4.78, 5) is 16.4. The van der Waals surface area contributed by atoms with E-state index in [1.165, 1.54) is 4.80 Å². The molecule has 0 bridgehead atoms. The van der Waals surface area contributed by atoms with Crippen LogP contribution >= 0.6 is 23.4 Å². The van der Waals surface area contributed by atoms with Gasteiger partial charge in [0.2, 0.25) is 0 Å². The molecule has 0 spiro atoms. The van der Waals surface area contributed by atoms with Gasteiger partial charge in [-0.15, -0.1) is 11.6 Å². The van der Waals surface area contributed by atoms with Crippen LogP contribution in [0.1, 0.15) is 17.3 Å². The van der Waals surface area contributed by atoms with Gasteiger partial charge in [0, 0.05) is 29.5 Å². The van der Waals surface area contributed by atoms with Gasteiger partial charge in [-0.05, 0) is 19.1 Å². The predicted molar refractivity (Wildman–Crippen MR) is 88.8 cm³/mol. The number of alkyl halides is 1. The number of rotatable bonds is 3. The van der Waals surface area contributed by atoms with Gasteiger partial charge in [0.1, 0.15) is 0 Å². The molecule has 3 rings (SSSR count). The molecule has 7 heteroatoms. The summed E-state index contributed by atoms with van der Waals surface area (Å²) in [6.07, 6.45) is 3.20. The van der Waals surface area contributed by atoms with Crippen molar-refractivity contribution >= 4 is 29.3 Å². The van der Waals surface area contributed by atoms with E-state index in [1.54, 1.807) is 12.4 Å². The van der Waals surface area contributed by atoms with Gasteiger partial charge in [0.25, 0.3) is 5.91 Å². The fourth-order valence-corrected chi connectivity index (χ4v) is 3.97. The molecule has 1 aromatic carbocycles. The zero-order valence-electron chi connectivity index (χ0n) is 12.2. The van der Waals surface area contributed by atoms with E-state index in [0.717, 1.165) is 5.75 Å². The minimum Gasteiger partial charge on any atom is -0.334 e. The Balaban J connectivity index is 1.92. The van der Waals surface area contributed by atoms with Gasteiger partial charge in [-0.25, -0.2) is 0 Å². The van der Waals surface area contributed by atoms with Crippen molar-refractivity contribution in [2.24, 2.45) is 0 Å². The van der Waals surface area contributed by atoms with Crippen LogP contribution in [-0.4, -0.2) is 55.3 Å². The number of hydrogen-bond acceptors (Lipinski definition) is 4. The zero-order valence-corrected chi connectivity index (χ0v) is 13.8. The van der Waals surface area contributed by atoms with E-state index in [0.29, 0.717) is 23.7 Å². The van der Waals surface area contributed by atoms with Gasteiger partial charge in [-0.1, -0.05) is 12.1 Å². The van der Waals surface area contributed by atoms with Crippen LogP contribution in [0.3, 0.4) is 0 Å². The Labute approximate surface area is 138 Å². The first-order chi connectivity index (χ1) is 10.7. The van der Waals surface area contributed by atoms with Crippen LogP contribution in [0.4, 0.5) is 0 Å². The maximum absolute atomic E-state index is 13.0. The SMILES string of the molecule is CC1CSC(CCl)CN1C(=O)c1ccccc1-n1nccn1. The highest BCUT2D eigenvalue weighted by molar-refractivity contribution is 8.00. The van der Waals surface area contributed by atoms with E-state index in [1.807, 2.05) is 40.9 Å². The Hall–Kier alpha value is -1.53. The summed E-state index contributed by atoms with van der Waals surface area (Å²) in [5.41, 5.74) is 1.32. The van der Waals surface area contributed by atoms with Gasteiger partial charge >= 0.3 is 0 Å². The number of carbonyl (C=O) groups is 1. The molecule has 0 N–H and O–H groups in total. The second-order valence-corrected chi connectivity index (χ2v) is 6.89. The average molecular weight is 337 g/mol. The van der Waals surface area contributed by atoms with Crippen molar-refractivity contribution in [3.63, 3.8) is 0 Å². The molecule has 2 heterocycles. The normalized spacial score (nSPS) is 21.8. The molecule has 1 aliphatic heterocycles. The largest absolute Gasteiger partial charge is 0.334 e. The molecule has 0 saturated carbocycles. The lowest BCUT2D eigenvalue weighted by Crippen LogP contribution is -2.48. The number of aromatic nitrogens is 3. The monoisotopic (exact) mass is 336 g/mol. The van der Waals surface area contributed by atoms with Gasteiger partial charge in [0.15, 0.2) is 0 Å². The van der Waals surface area contributed by atoms with Crippen LogP contribution in [-0.2, 0) is 0 Å². The number of para-hydroxylation sites is 1. The highest BCUT2D eigenvalue weighted by Crippen LogP contribution is 2.26. The van der Waals surface area contributed by atoms with Gasteiger partial charge in [-0.3, -0.25) is 4.79 Å². The summed E-state index contributed by atoms with van der Waals surface area (Å²) in [5.74, 6) is 1.48. The summed E-state index contributed by atoms with van der Waals surface area (Å²) >= 11 is 7.81. The molecule has 0 radical (unpaired) electrons. The lowest BCUT2D eigenvalue weighted by molar-refractivity contribution is 0.0704. The van der Waals surface area contributed by atoms with Crippen molar-refractivity contribution in [3.8, 4) is 5.69 Å². The Morgan fingerprint density at radius 1 is 1.36 bits per heavy atom. The summed E-state index contributed by atoms with van der Waals surface area (Å²) in [7, 11) is 0. The minimum atomic E-state index is 0.0100. The lowest BCUT2D eigenvalue weighted by Gasteiger charge is -2.37. The summed E-state index contributed by atoms with van der Waals surface area (Å²) in [6.45, 7) is 2.75. The topological polar surface area (TPSA) is 51.0 Å². The minimum absolute atomic E-state index is 0.0100. The van der Waals surface area contributed by atoms with Crippen molar-refractivity contribution in [1.29, 1.82) is 0 Å². The van der Waals surface area contributed by atoms with Crippen molar-refractivity contribution < 1.29 is 4.79 Å². The molecule has 2 aromatic rings. The fraction of sp³-hybridized carbons (Fsp3) is 0.400. The highest BCUT2D eigenvalue weighted by Gasteiger charge is 2.30. The Kier molecular flexibility index (Phi) is 4.69. The number of benzene rings is 1. The van der Waals surface area contributed by atoms with E-state index < -0.39 is 0 Å². The zero-order chi connectivity index (χ0) is 15.5. The van der Waals surface area contributed by atoms with E-state index in [9.17, 15) is 4.79 Å². The first-order valence-corrected chi connectivity index (χ1v) is 8.73. The molecule has 22 heavy (non-hydrogen) atoms. The van der Waals surface area contributed by atoms with Crippen molar-refractivity contribution in [2.75, 3.05) is 18.2 Å². The molecule has 2 atom stereocenters. The fourth-order valence-electron chi connectivity index (χ4n) is 2.52. The summed E-state index contributed by atoms with van der Waals surface area (Å²) < 4.78 is 0. The second-order valence-electron chi connectivity index (χ2n) is 5.25. The molecular weight excluding hydrogens is 320 g/mol. The third kappa shape index (κ3) is 2.98. The molecule has 2 unspecified atom stereocenters. The summed E-state index contributed by atoms with van der Waals surface area (Å²) in [6, 6.07) is 7.62. The molecule has 1 amide bonds. The smallest absolute Gasteiger partial charge is 0.256 e. The number of halogens is 1. The Morgan fingerprint density at radius 2 is 2.09 bits per heavy atom. The van der Waals surface area contributed by atoms with Gasteiger partial charge in [0.05, 0.1) is 23.6 Å². The second kappa shape index (κ2) is 6.71. The van der Waals surface area contributed by atoms with E-state index in [2.05, 4.69) is 17.1 Å². The Morgan fingerprint density at radius 3 is 2.82 bits per heavy atom. The molecule has 1 saturated heterocycles. The number of carbonyl (C=O) groups excluding carboxylic acids is 1. The van der Waals surface area contributed by atoms with Crippen molar-refractivity contribution in [2.45, 2.75) is 18.2 Å². The van der Waals surface area contributed by atoms with Gasteiger partial charge in [-0.2, -0.15) is 26.8 Å². The summed E-state index contributed by atoms with van der Waals surface area (Å²) in [5, 5.41) is 8.56. The van der Waals surface area contributed by atoms with Crippen molar-refractivity contribution in [1.82, 2.24) is 19.9 Å².